The molecule has 11 heteroatoms. The van der Waals surface area contributed by atoms with Crippen molar-refractivity contribution in [3.05, 3.63) is 46.2 Å². The molecule has 0 radical (unpaired) electrons. The number of hydrogen-bond donors (Lipinski definition) is 1. The highest BCUT2D eigenvalue weighted by Gasteiger charge is 2.34. The molecule has 1 N–H and O–H groups in total. The molecule has 2 aromatic heterocycles. The summed E-state index contributed by atoms with van der Waals surface area (Å²) in [6.07, 6.45) is 3.74. The van der Waals surface area contributed by atoms with Crippen molar-refractivity contribution in [1.82, 2.24) is 29.4 Å². The molecule has 5 rings (SSSR count). The van der Waals surface area contributed by atoms with E-state index in [2.05, 4.69) is 31.4 Å². The van der Waals surface area contributed by atoms with E-state index in [0.717, 1.165) is 56.5 Å². The van der Waals surface area contributed by atoms with E-state index >= 15 is 0 Å². The minimum atomic E-state index is -0.0667. The molecule has 4 heterocycles. The number of fused-ring (bicyclic) bond motifs is 1. The molecule has 0 spiro atoms. The molecular formula is C21H23Cl2N9. The lowest BCUT2D eigenvalue weighted by Crippen LogP contribution is -2.63. The van der Waals surface area contributed by atoms with Gasteiger partial charge in [-0.05, 0) is 24.6 Å². The SMILES string of the molecule is C[C@@H](Nc1cc(N2CC(N3CCN(C#N)CC3)C2)nc2ncnn12)c1ccc(Cl)cc1Cl. The Labute approximate surface area is 196 Å². The van der Waals surface area contributed by atoms with Crippen LogP contribution in [0, 0.1) is 11.5 Å². The molecule has 9 nitrogen and oxygen atoms in total. The third-order valence-corrected chi connectivity index (χ3v) is 6.75. The summed E-state index contributed by atoms with van der Waals surface area (Å²) in [6.45, 7) is 7.30. The molecule has 0 unspecified atom stereocenters. The largest absolute Gasteiger partial charge is 0.363 e. The summed E-state index contributed by atoms with van der Waals surface area (Å²) in [5, 5.41) is 18.1. The van der Waals surface area contributed by atoms with Crippen molar-refractivity contribution in [2.45, 2.75) is 19.0 Å². The summed E-state index contributed by atoms with van der Waals surface area (Å²) in [7, 11) is 0. The van der Waals surface area contributed by atoms with Gasteiger partial charge in [-0.1, -0.05) is 29.3 Å². The summed E-state index contributed by atoms with van der Waals surface area (Å²) in [4.78, 5) is 15.5. The van der Waals surface area contributed by atoms with Crippen LogP contribution in [-0.4, -0.2) is 74.7 Å². The van der Waals surface area contributed by atoms with Crippen LogP contribution in [0.5, 0.6) is 0 Å². The van der Waals surface area contributed by atoms with E-state index < -0.39 is 0 Å². The van der Waals surface area contributed by atoms with E-state index in [4.69, 9.17) is 33.4 Å². The van der Waals surface area contributed by atoms with Crippen molar-refractivity contribution in [1.29, 1.82) is 5.26 Å². The topological polar surface area (TPSA) is 88.6 Å². The van der Waals surface area contributed by atoms with Gasteiger partial charge >= 0.3 is 0 Å². The lowest BCUT2D eigenvalue weighted by Gasteiger charge is -2.48. The second-order valence-electron chi connectivity index (χ2n) is 8.19. The summed E-state index contributed by atoms with van der Waals surface area (Å²) in [5.41, 5.74) is 0.947. The van der Waals surface area contributed by atoms with Crippen LogP contribution in [0.25, 0.3) is 5.78 Å². The highest BCUT2D eigenvalue weighted by molar-refractivity contribution is 6.35. The number of nitrogens with zero attached hydrogens (tertiary/aromatic N) is 8. The average Bonchev–Trinajstić information content (AvgIpc) is 3.22. The maximum Gasteiger partial charge on any atom is 0.256 e. The molecule has 0 bridgehead atoms. The summed E-state index contributed by atoms with van der Waals surface area (Å²) in [6, 6.07) is 7.93. The van der Waals surface area contributed by atoms with Gasteiger partial charge in [-0.25, -0.2) is 0 Å². The minimum absolute atomic E-state index is 0.0667. The fourth-order valence-corrected chi connectivity index (χ4v) is 4.85. The van der Waals surface area contributed by atoms with Crippen molar-refractivity contribution >= 4 is 40.6 Å². The molecule has 2 saturated heterocycles. The van der Waals surface area contributed by atoms with Gasteiger partial charge in [0.1, 0.15) is 18.0 Å². The third-order valence-electron chi connectivity index (χ3n) is 6.19. The number of halogens is 2. The van der Waals surface area contributed by atoms with Crippen LogP contribution in [0.4, 0.5) is 11.6 Å². The first-order chi connectivity index (χ1) is 15.5. The van der Waals surface area contributed by atoms with Crippen LogP contribution in [0.1, 0.15) is 18.5 Å². The van der Waals surface area contributed by atoms with E-state index in [9.17, 15) is 0 Å². The van der Waals surface area contributed by atoms with Gasteiger partial charge in [0.15, 0.2) is 6.19 Å². The van der Waals surface area contributed by atoms with E-state index in [1.165, 1.54) is 6.33 Å². The number of nitrogens with one attached hydrogen (secondary N) is 1. The fourth-order valence-electron chi connectivity index (χ4n) is 4.28. The van der Waals surface area contributed by atoms with Crippen molar-refractivity contribution in [3.8, 4) is 6.19 Å². The number of anilines is 2. The Hall–Kier alpha value is -2.80. The second kappa shape index (κ2) is 8.62. The Morgan fingerprint density at radius 3 is 2.66 bits per heavy atom. The zero-order valence-corrected chi connectivity index (χ0v) is 19.1. The minimum Gasteiger partial charge on any atom is -0.363 e. The van der Waals surface area contributed by atoms with Crippen molar-refractivity contribution in [3.63, 3.8) is 0 Å². The van der Waals surface area contributed by atoms with E-state index in [1.807, 2.05) is 30.0 Å². The van der Waals surface area contributed by atoms with Crippen molar-refractivity contribution in [2.75, 3.05) is 49.5 Å². The smallest absolute Gasteiger partial charge is 0.256 e. The maximum atomic E-state index is 9.04. The van der Waals surface area contributed by atoms with Gasteiger partial charge < -0.3 is 15.1 Å². The Morgan fingerprint density at radius 2 is 1.94 bits per heavy atom. The molecule has 166 valence electrons. The standard InChI is InChI=1S/C21H23Cl2N9/c1-14(17-3-2-15(22)8-18(17)23)27-20-9-19(28-21-25-13-26-32(20)21)31-10-16(11-31)30-6-4-29(12-24)5-7-30/h2-3,8-9,13-14,16,27H,4-7,10-11H2,1H3/t14-/m1/s1. The first kappa shape index (κ1) is 21.1. The fraction of sp³-hybridized carbons (Fsp3) is 0.429. The van der Waals surface area contributed by atoms with Crippen LogP contribution in [0.15, 0.2) is 30.6 Å². The predicted octanol–water partition coefficient (Wildman–Crippen LogP) is 2.89. The number of nitriles is 1. The molecule has 3 aromatic rings. The van der Waals surface area contributed by atoms with Gasteiger partial charge in [0.2, 0.25) is 0 Å². The van der Waals surface area contributed by atoms with Crippen LogP contribution < -0.4 is 10.2 Å². The lowest BCUT2D eigenvalue weighted by atomic mass is 10.1. The molecule has 0 amide bonds. The normalized spacial score (nSPS) is 18.4. The van der Waals surface area contributed by atoms with Crippen LogP contribution in [0.2, 0.25) is 10.0 Å². The maximum absolute atomic E-state index is 9.04. The highest BCUT2D eigenvalue weighted by Crippen LogP contribution is 2.30. The zero-order valence-electron chi connectivity index (χ0n) is 17.6. The molecule has 2 aliphatic rings. The first-order valence-corrected chi connectivity index (χ1v) is 11.3. The molecule has 2 fully saturated rings. The number of benzene rings is 1. The van der Waals surface area contributed by atoms with E-state index in [1.54, 1.807) is 10.6 Å². The Kier molecular flexibility index (Phi) is 5.67. The number of piperazine rings is 1. The van der Waals surface area contributed by atoms with Crippen LogP contribution in [0.3, 0.4) is 0 Å². The van der Waals surface area contributed by atoms with Crippen molar-refractivity contribution < 1.29 is 0 Å². The van der Waals surface area contributed by atoms with E-state index in [0.29, 0.717) is 21.9 Å². The molecule has 32 heavy (non-hydrogen) atoms. The Bertz CT molecular complexity index is 1160. The Morgan fingerprint density at radius 1 is 1.16 bits per heavy atom. The molecule has 1 atom stereocenters. The van der Waals surface area contributed by atoms with Crippen LogP contribution >= 0.6 is 23.2 Å². The lowest BCUT2D eigenvalue weighted by molar-refractivity contribution is 0.108. The molecular weight excluding hydrogens is 449 g/mol. The number of aromatic nitrogens is 4. The van der Waals surface area contributed by atoms with Gasteiger partial charge in [-0.3, -0.25) is 4.90 Å². The molecule has 0 aliphatic carbocycles. The van der Waals surface area contributed by atoms with Gasteiger partial charge in [0, 0.05) is 61.4 Å². The monoisotopic (exact) mass is 471 g/mol. The molecule has 1 aromatic carbocycles. The zero-order chi connectivity index (χ0) is 22.2. The van der Waals surface area contributed by atoms with Crippen molar-refractivity contribution in [2.24, 2.45) is 0 Å². The van der Waals surface area contributed by atoms with Gasteiger partial charge in [-0.2, -0.15) is 24.8 Å². The first-order valence-electron chi connectivity index (χ1n) is 10.6. The summed E-state index contributed by atoms with van der Waals surface area (Å²) in [5.74, 6) is 2.21. The van der Waals surface area contributed by atoms with Gasteiger partial charge in [0.05, 0.1) is 6.04 Å². The molecule has 2 aliphatic heterocycles. The highest BCUT2D eigenvalue weighted by atomic mass is 35.5. The summed E-state index contributed by atoms with van der Waals surface area (Å²) < 4.78 is 1.70. The Balaban J connectivity index is 1.31. The average molecular weight is 472 g/mol. The summed E-state index contributed by atoms with van der Waals surface area (Å²) >= 11 is 12.4. The number of rotatable bonds is 5. The predicted molar refractivity (Wildman–Crippen MR) is 124 cm³/mol. The quantitative estimate of drug-likeness (QED) is 0.568. The van der Waals surface area contributed by atoms with Gasteiger partial charge in [0.25, 0.3) is 5.78 Å². The van der Waals surface area contributed by atoms with Gasteiger partial charge in [-0.15, -0.1) is 0 Å². The van der Waals surface area contributed by atoms with Crippen LogP contribution in [-0.2, 0) is 0 Å². The molecule has 0 saturated carbocycles. The van der Waals surface area contributed by atoms with E-state index in [-0.39, 0.29) is 6.04 Å². The number of hydrogen-bond acceptors (Lipinski definition) is 8. The third kappa shape index (κ3) is 4.01. The second-order valence-corrected chi connectivity index (χ2v) is 9.03.